The lowest BCUT2D eigenvalue weighted by Crippen LogP contribution is -2.30. The number of rotatable bonds is 3. The van der Waals surface area contributed by atoms with Gasteiger partial charge in [-0.05, 0) is 79.4 Å². The summed E-state index contributed by atoms with van der Waals surface area (Å²) in [4.78, 5) is 0. The highest BCUT2D eigenvalue weighted by Gasteiger charge is 2.14. The van der Waals surface area contributed by atoms with Crippen molar-refractivity contribution in [3.63, 3.8) is 0 Å². The molecule has 0 fully saturated rings. The maximum Gasteiger partial charge on any atom is 0.171 e. The number of benzene rings is 2. The average Bonchev–Trinajstić information content (AvgIpc) is 2.97. The molecule has 0 saturated carbocycles. The molecule has 0 aromatic heterocycles. The summed E-state index contributed by atoms with van der Waals surface area (Å²) >= 11 is 11.3. The van der Waals surface area contributed by atoms with Crippen molar-refractivity contribution >= 4 is 34.6 Å². The van der Waals surface area contributed by atoms with E-state index in [0.717, 1.165) is 10.7 Å². The number of aryl methyl sites for hydroxylation is 2. The van der Waals surface area contributed by atoms with Crippen LogP contribution in [0, 0.1) is 0 Å². The maximum atomic E-state index is 5.88. The van der Waals surface area contributed by atoms with Crippen LogP contribution in [-0.4, -0.2) is 5.11 Å². The molecule has 2 aromatic carbocycles. The lowest BCUT2D eigenvalue weighted by Gasteiger charge is -2.18. The molecule has 0 unspecified atom stereocenters. The zero-order valence-corrected chi connectivity index (χ0v) is 14.1. The minimum absolute atomic E-state index is 0.179. The summed E-state index contributed by atoms with van der Waals surface area (Å²) < 4.78 is 0. The standard InChI is InChI=1S/C18H19ClN2S/c1-12(14-6-5-13-3-2-4-15(13)11-14)20-18(22)21-17-9-7-16(19)8-10-17/h5-12H,2-4H2,1H3,(H2,20,21,22)/t12-/m0/s1. The summed E-state index contributed by atoms with van der Waals surface area (Å²) in [6.07, 6.45) is 3.69. The van der Waals surface area contributed by atoms with Crippen molar-refractivity contribution in [2.45, 2.75) is 32.2 Å². The van der Waals surface area contributed by atoms with E-state index in [2.05, 4.69) is 35.8 Å². The van der Waals surface area contributed by atoms with Gasteiger partial charge >= 0.3 is 0 Å². The van der Waals surface area contributed by atoms with Crippen LogP contribution < -0.4 is 10.6 Å². The van der Waals surface area contributed by atoms with Gasteiger partial charge in [-0.15, -0.1) is 0 Å². The molecule has 0 amide bonds. The first-order valence-corrected chi connectivity index (χ1v) is 8.35. The van der Waals surface area contributed by atoms with Gasteiger partial charge in [0.2, 0.25) is 0 Å². The number of nitrogens with one attached hydrogen (secondary N) is 2. The molecule has 0 spiro atoms. The molecular formula is C18H19ClN2S. The fourth-order valence-corrected chi connectivity index (χ4v) is 3.26. The summed E-state index contributed by atoms with van der Waals surface area (Å²) in [5.74, 6) is 0. The van der Waals surface area contributed by atoms with Crippen molar-refractivity contribution in [2.75, 3.05) is 5.32 Å². The molecule has 2 nitrogen and oxygen atoms in total. The van der Waals surface area contributed by atoms with Gasteiger partial charge in [0.05, 0.1) is 6.04 Å². The lowest BCUT2D eigenvalue weighted by atomic mass is 10.0. The summed E-state index contributed by atoms with van der Waals surface area (Å²) in [6, 6.07) is 14.5. The van der Waals surface area contributed by atoms with Crippen molar-refractivity contribution in [1.29, 1.82) is 0 Å². The van der Waals surface area contributed by atoms with Crippen LogP contribution in [-0.2, 0) is 12.8 Å². The van der Waals surface area contributed by atoms with E-state index >= 15 is 0 Å². The van der Waals surface area contributed by atoms with Crippen LogP contribution in [0.4, 0.5) is 5.69 Å². The smallest absolute Gasteiger partial charge is 0.171 e. The van der Waals surface area contributed by atoms with E-state index in [1.165, 1.54) is 36.0 Å². The number of hydrogen-bond donors (Lipinski definition) is 2. The number of halogens is 1. The van der Waals surface area contributed by atoms with Crippen molar-refractivity contribution in [3.8, 4) is 0 Å². The molecule has 4 heteroatoms. The third kappa shape index (κ3) is 3.60. The molecule has 2 aromatic rings. The second-order valence-electron chi connectivity index (χ2n) is 5.71. The first-order valence-electron chi connectivity index (χ1n) is 7.56. The quantitative estimate of drug-likeness (QED) is 0.785. The SMILES string of the molecule is C[C@H](NC(=S)Nc1ccc(Cl)cc1)c1ccc2c(c1)CCC2. The second kappa shape index (κ2) is 6.67. The number of fused-ring (bicyclic) bond motifs is 1. The zero-order valence-electron chi connectivity index (χ0n) is 12.5. The number of hydrogen-bond acceptors (Lipinski definition) is 1. The highest BCUT2D eigenvalue weighted by molar-refractivity contribution is 7.80. The maximum absolute atomic E-state index is 5.88. The van der Waals surface area contributed by atoms with Crippen LogP contribution in [0.2, 0.25) is 5.02 Å². The molecule has 0 heterocycles. The largest absolute Gasteiger partial charge is 0.356 e. The van der Waals surface area contributed by atoms with Crippen LogP contribution >= 0.6 is 23.8 Å². The van der Waals surface area contributed by atoms with Crippen LogP contribution in [0.5, 0.6) is 0 Å². The number of thiocarbonyl (C=S) groups is 1. The molecule has 22 heavy (non-hydrogen) atoms. The topological polar surface area (TPSA) is 24.1 Å². The van der Waals surface area contributed by atoms with Crippen LogP contribution in [0.1, 0.15) is 36.1 Å². The van der Waals surface area contributed by atoms with Gasteiger partial charge in [0.1, 0.15) is 0 Å². The molecule has 1 aliphatic carbocycles. The van der Waals surface area contributed by atoms with Gasteiger partial charge < -0.3 is 10.6 Å². The van der Waals surface area contributed by atoms with Crippen LogP contribution in [0.25, 0.3) is 0 Å². The molecule has 0 bridgehead atoms. The van der Waals surface area contributed by atoms with Gasteiger partial charge in [-0.3, -0.25) is 0 Å². The van der Waals surface area contributed by atoms with Gasteiger partial charge in [-0.1, -0.05) is 29.8 Å². The minimum atomic E-state index is 0.179. The highest BCUT2D eigenvalue weighted by Crippen LogP contribution is 2.25. The molecule has 1 aliphatic rings. The Morgan fingerprint density at radius 3 is 2.59 bits per heavy atom. The van der Waals surface area contributed by atoms with Crippen molar-refractivity contribution < 1.29 is 0 Å². The first-order chi connectivity index (χ1) is 10.6. The average molecular weight is 331 g/mol. The van der Waals surface area contributed by atoms with E-state index in [0.29, 0.717) is 5.11 Å². The Kier molecular flexibility index (Phi) is 4.65. The molecule has 2 N–H and O–H groups in total. The Balaban J connectivity index is 1.62. The van der Waals surface area contributed by atoms with E-state index in [1.54, 1.807) is 0 Å². The predicted octanol–water partition coefficient (Wildman–Crippen LogP) is 4.88. The Bertz CT molecular complexity index is 682. The predicted molar refractivity (Wildman–Crippen MR) is 97.7 cm³/mol. The van der Waals surface area contributed by atoms with Crippen LogP contribution in [0.3, 0.4) is 0 Å². The fourth-order valence-electron chi connectivity index (χ4n) is 2.84. The van der Waals surface area contributed by atoms with Gasteiger partial charge in [0, 0.05) is 10.7 Å². The van der Waals surface area contributed by atoms with E-state index in [-0.39, 0.29) is 6.04 Å². The molecule has 1 atom stereocenters. The number of anilines is 1. The lowest BCUT2D eigenvalue weighted by molar-refractivity contribution is 0.721. The van der Waals surface area contributed by atoms with E-state index in [1.807, 2.05) is 24.3 Å². The molecule has 0 radical (unpaired) electrons. The van der Waals surface area contributed by atoms with Gasteiger partial charge in [-0.2, -0.15) is 0 Å². The van der Waals surface area contributed by atoms with Crippen LogP contribution in [0.15, 0.2) is 42.5 Å². The second-order valence-corrected chi connectivity index (χ2v) is 6.55. The Labute approximate surface area is 141 Å². The molecular weight excluding hydrogens is 312 g/mol. The Morgan fingerprint density at radius 1 is 1.09 bits per heavy atom. The third-order valence-corrected chi connectivity index (χ3v) is 4.54. The van der Waals surface area contributed by atoms with Crippen molar-refractivity contribution in [2.24, 2.45) is 0 Å². The minimum Gasteiger partial charge on any atom is -0.356 e. The molecule has 0 saturated heterocycles. The van der Waals surface area contributed by atoms with E-state index < -0.39 is 0 Å². The van der Waals surface area contributed by atoms with Crippen molar-refractivity contribution in [1.82, 2.24) is 5.32 Å². The van der Waals surface area contributed by atoms with E-state index in [4.69, 9.17) is 23.8 Å². The van der Waals surface area contributed by atoms with E-state index in [9.17, 15) is 0 Å². The Hall–Kier alpha value is -1.58. The first kappa shape index (κ1) is 15.3. The summed E-state index contributed by atoms with van der Waals surface area (Å²) in [7, 11) is 0. The normalized spacial score (nSPS) is 14.3. The van der Waals surface area contributed by atoms with Crippen molar-refractivity contribution in [3.05, 3.63) is 64.2 Å². The summed E-state index contributed by atoms with van der Waals surface area (Å²) in [5.41, 5.74) is 5.20. The fraction of sp³-hybridized carbons (Fsp3) is 0.278. The third-order valence-electron chi connectivity index (χ3n) is 4.07. The summed E-state index contributed by atoms with van der Waals surface area (Å²) in [6.45, 7) is 2.13. The Morgan fingerprint density at radius 2 is 1.82 bits per heavy atom. The molecule has 3 rings (SSSR count). The monoisotopic (exact) mass is 330 g/mol. The van der Waals surface area contributed by atoms with Gasteiger partial charge in [0.15, 0.2) is 5.11 Å². The molecule has 114 valence electrons. The summed E-state index contributed by atoms with van der Waals surface area (Å²) in [5, 5.41) is 7.86. The van der Waals surface area contributed by atoms with Gasteiger partial charge in [-0.25, -0.2) is 0 Å². The molecule has 0 aliphatic heterocycles. The van der Waals surface area contributed by atoms with Gasteiger partial charge in [0.25, 0.3) is 0 Å². The highest BCUT2D eigenvalue weighted by atomic mass is 35.5. The zero-order chi connectivity index (χ0) is 15.5.